The van der Waals surface area contributed by atoms with Crippen molar-refractivity contribution in [1.29, 1.82) is 0 Å². The van der Waals surface area contributed by atoms with E-state index >= 15 is 0 Å². The molecule has 0 radical (unpaired) electrons. The molecule has 0 unspecified atom stereocenters. The van der Waals surface area contributed by atoms with Gasteiger partial charge in [-0.05, 0) is 44.9 Å². The Morgan fingerprint density at radius 2 is 2.00 bits per heavy atom. The fourth-order valence-electron chi connectivity index (χ4n) is 2.67. The molecule has 0 bridgehead atoms. The Balaban J connectivity index is 2.64. The van der Waals surface area contributed by atoms with Crippen molar-refractivity contribution in [2.24, 2.45) is 0 Å². The minimum atomic E-state index is -0.182. The maximum absolute atomic E-state index is 11.9. The van der Waals surface area contributed by atoms with Gasteiger partial charge in [0.1, 0.15) is 0 Å². The van der Waals surface area contributed by atoms with Crippen molar-refractivity contribution >= 4 is 17.3 Å². The van der Waals surface area contributed by atoms with Gasteiger partial charge in [-0.2, -0.15) is 0 Å². The van der Waals surface area contributed by atoms with Crippen LogP contribution in [0.3, 0.4) is 0 Å². The highest BCUT2D eigenvalue weighted by atomic mass is 16.2. The second-order valence-corrected chi connectivity index (χ2v) is 5.50. The van der Waals surface area contributed by atoms with E-state index in [2.05, 4.69) is 45.1 Å². The zero-order chi connectivity index (χ0) is 12.8. The highest BCUT2D eigenvalue weighted by Gasteiger charge is 2.36. The fourth-order valence-corrected chi connectivity index (χ4v) is 2.67. The van der Waals surface area contributed by atoms with Crippen LogP contribution < -0.4 is 10.2 Å². The van der Waals surface area contributed by atoms with Crippen LogP contribution in [0.15, 0.2) is 12.1 Å². The molecule has 3 nitrogen and oxygen atoms in total. The van der Waals surface area contributed by atoms with Crippen molar-refractivity contribution in [3.63, 3.8) is 0 Å². The van der Waals surface area contributed by atoms with E-state index < -0.39 is 0 Å². The predicted octanol–water partition coefficient (Wildman–Crippen LogP) is 2.86. The first-order chi connectivity index (χ1) is 7.83. The molecule has 17 heavy (non-hydrogen) atoms. The van der Waals surface area contributed by atoms with Crippen molar-refractivity contribution in [3.8, 4) is 0 Å². The number of nitrogens with zero attached hydrogens (tertiary/aromatic N) is 1. The van der Waals surface area contributed by atoms with Crippen molar-refractivity contribution < 1.29 is 4.79 Å². The molecule has 0 saturated heterocycles. The molecule has 0 aromatic heterocycles. The first-order valence-corrected chi connectivity index (χ1v) is 5.99. The Hall–Kier alpha value is -1.51. The number of anilines is 2. The number of rotatable bonds is 0. The van der Waals surface area contributed by atoms with Gasteiger partial charge >= 0.3 is 0 Å². The lowest BCUT2D eigenvalue weighted by molar-refractivity contribution is -0.117. The summed E-state index contributed by atoms with van der Waals surface area (Å²) in [6.07, 6.45) is 0. The summed E-state index contributed by atoms with van der Waals surface area (Å²) < 4.78 is 0. The molecular formula is C14H20N2O. The molecule has 1 aliphatic rings. The summed E-state index contributed by atoms with van der Waals surface area (Å²) >= 11 is 0. The molecule has 1 amide bonds. The molecule has 2 rings (SSSR count). The summed E-state index contributed by atoms with van der Waals surface area (Å²) in [5.41, 5.74) is 4.28. The fraction of sp³-hybridized carbons (Fsp3) is 0.500. The van der Waals surface area contributed by atoms with Crippen LogP contribution in [0, 0.1) is 13.8 Å². The number of amides is 1. The number of fused-ring (bicyclic) bond motifs is 1. The van der Waals surface area contributed by atoms with E-state index in [9.17, 15) is 4.79 Å². The summed E-state index contributed by atoms with van der Waals surface area (Å²) in [6.45, 7) is 10.7. The third-order valence-corrected chi connectivity index (χ3v) is 3.30. The molecule has 0 atom stereocenters. The third-order valence-electron chi connectivity index (χ3n) is 3.30. The van der Waals surface area contributed by atoms with Gasteiger partial charge in [0.25, 0.3) is 0 Å². The van der Waals surface area contributed by atoms with E-state index in [1.165, 1.54) is 5.56 Å². The van der Waals surface area contributed by atoms with Gasteiger partial charge in [-0.1, -0.05) is 6.07 Å². The lowest BCUT2D eigenvalue weighted by Gasteiger charge is -2.44. The lowest BCUT2D eigenvalue weighted by Crippen LogP contribution is -2.54. The summed E-state index contributed by atoms with van der Waals surface area (Å²) in [4.78, 5) is 13.8. The molecule has 0 spiro atoms. The zero-order valence-electron chi connectivity index (χ0n) is 11.2. The van der Waals surface area contributed by atoms with Gasteiger partial charge in [0.05, 0.1) is 16.9 Å². The van der Waals surface area contributed by atoms with Gasteiger partial charge in [-0.3, -0.25) is 4.79 Å². The Kier molecular flexibility index (Phi) is 2.64. The summed E-state index contributed by atoms with van der Waals surface area (Å²) in [6, 6.07) is 4.23. The van der Waals surface area contributed by atoms with E-state index in [1.54, 1.807) is 6.92 Å². The topological polar surface area (TPSA) is 32.3 Å². The molecule has 3 heteroatoms. The van der Waals surface area contributed by atoms with E-state index in [0.29, 0.717) is 0 Å². The predicted molar refractivity (Wildman–Crippen MR) is 71.6 cm³/mol. The monoisotopic (exact) mass is 232 g/mol. The second kappa shape index (κ2) is 3.76. The normalized spacial score (nSPS) is 17.4. The highest BCUT2D eigenvalue weighted by Crippen LogP contribution is 2.39. The van der Waals surface area contributed by atoms with Crippen molar-refractivity contribution in [3.05, 3.63) is 23.3 Å². The van der Waals surface area contributed by atoms with Crippen LogP contribution in [0.5, 0.6) is 0 Å². The molecule has 0 saturated carbocycles. The molecule has 0 aliphatic carbocycles. The van der Waals surface area contributed by atoms with Crippen LogP contribution in [0.2, 0.25) is 0 Å². The summed E-state index contributed by atoms with van der Waals surface area (Å²) in [5.74, 6) is 0.102. The van der Waals surface area contributed by atoms with E-state index in [-0.39, 0.29) is 11.4 Å². The molecule has 1 aromatic carbocycles. The van der Waals surface area contributed by atoms with Crippen LogP contribution in [0.1, 0.15) is 31.9 Å². The SMILES string of the molecule is CC(=O)N1c2c(C)cc(C)cc2NCC1(C)C. The molecular weight excluding hydrogens is 212 g/mol. The highest BCUT2D eigenvalue weighted by molar-refractivity contribution is 5.99. The molecule has 1 N–H and O–H groups in total. The quantitative estimate of drug-likeness (QED) is 0.746. The van der Waals surface area contributed by atoms with Gasteiger partial charge in [0.15, 0.2) is 0 Å². The maximum atomic E-state index is 11.9. The van der Waals surface area contributed by atoms with Crippen LogP contribution in [-0.4, -0.2) is 18.0 Å². The number of nitrogens with one attached hydrogen (secondary N) is 1. The first-order valence-electron chi connectivity index (χ1n) is 5.99. The third kappa shape index (κ3) is 1.90. The average molecular weight is 232 g/mol. The molecule has 0 fully saturated rings. The Labute approximate surface area is 103 Å². The van der Waals surface area contributed by atoms with Crippen molar-refractivity contribution in [2.45, 2.75) is 40.2 Å². The number of carbonyl (C=O) groups is 1. The van der Waals surface area contributed by atoms with E-state index in [4.69, 9.17) is 0 Å². The molecule has 1 aromatic rings. The number of carbonyl (C=O) groups excluding carboxylic acids is 1. The minimum Gasteiger partial charge on any atom is -0.381 e. The first kappa shape index (κ1) is 12.0. The van der Waals surface area contributed by atoms with E-state index in [0.717, 1.165) is 23.5 Å². The van der Waals surface area contributed by atoms with Crippen LogP contribution in [-0.2, 0) is 4.79 Å². The Morgan fingerprint density at radius 1 is 1.35 bits per heavy atom. The number of hydrogen-bond donors (Lipinski definition) is 1. The molecule has 1 aliphatic heterocycles. The van der Waals surface area contributed by atoms with E-state index in [1.807, 2.05) is 4.90 Å². The average Bonchev–Trinajstić information content (AvgIpc) is 2.17. The maximum Gasteiger partial charge on any atom is 0.224 e. The van der Waals surface area contributed by atoms with Crippen LogP contribution in [0.4, 0.5) is 11.4 Å². The van der Waals surface area contributed by atoms with Crippen LogP contribution >= 0.6 is 0 Å². The van der Waals surface area contributed by atoms with Gasteiger partial charge in [0, 0.05) is 13.5 Å². The van der Waals surface area contributed by atoms with Gasteiger partial charge < -0.3 is 10.2 Å². The molecule has 92 valence electrons. The number of benzene rings is 1. The van der Waals surface area contributed by atoms with Gasteiger partial charge in [-0.15, -0.1) is 0 Å². The number of aryl methyl sites for hydroxylation is 2. The largest absolute Gasteiger partial charge is 0.381 e. The minimum absolute atomic E-state index is 0.102. The number of hydrogen-bond acceptors (Lipinski definition) is 2. The van der Waals surface area contributed by atoms with Crippen molar-refractivity contribution in [2.75, 3.05) is 16.8 Å². The second-order valence-electron chi connectivity index (χ2n) is 5.50. The smallest absolute Gasteiger partial charge is 0.224 e. The molecule has 1 heterocycles. The Morgan fingerprint density at radius 3 is 2.59 bits per heavy atom. The van der Waals surface area contributed by atoms with Gasteiger partial charge in [0.2, 0.25) is 5.91 Å². The lowest BCUT2D eigenvalue weighted by atomic mass is 9.94. The summed E-state index contributed by atoms with van der Waals surface area (Å²) in [5, 5.41) is 3.43. The summed E-state index contributed by atoms with van der Waals surface area (Å²) in [7, 11) is 0. The van der Waals surface area contributed by atoms with Crippen molar-refractivity contribution in [1.82, 2.24) is 0 Å². The standard InChI is InChI=1S/C14H20N2O/c1-9-6-10(2)13-12(7-9)15-8-14(4,5)16(13)11(3)17/h6-7,15H,8H2,1-5H3. The van der Waals surface area contributed by atoms with Crippen LogP contribution in [0.25, 0.3) is 0 Å². The van der Waals surface area contributed by atoms with Gasteiger partial charge in [-0.25, -0.2) is 0 Å². The zero-order valence-corrected chi connectivity index (χ0v) is 11.2. The Bertz CT molecular complexity index is 477.